The first kappa shape index (κ1) is 17.2. The van der Waals surface area contributed by atoms with Gasteiger partial charge in [0.2, 0.25) is 0 Å². The Morgan fingerprint density at radius 1 is 0.759 bits per heavy atom. The zero-order chi connectivity index (χ0) is 19.8. The Kier molecular flexibility index (Phi) is 4.10. The Morgan fingerprint density at radius 3 is 2.14 bits per heavy atom. The molecule has 4 heterocycles. The number of H-pyrrole nitrogens is 2. The van der Waals surface area contributed by atoms with Crippen molar-refractivity contribution in [2.24, 2.45) is 0 Å². The second-order valence-electron chi connectivity index (χ2n) is 7.06. The molecule has 5 rings (SSSR count). The minimum Gasteiger partial charge on any atom is -0.356 e. The van der Waals surface area contributed by atoms with Gasteiger partial charge in [-0.1, -0.05) is 36.9 Å². The zero-order valence-corrected chi connectivity index (χ0v) is 16.1. The molecule has 6 bridgehead atoms. The lowest BCUT2D eigenvalue weighted by Gasteiger charge is -1.97. The molecule has 0 radical (unpaired) electrons. The van der Waals surface area contributed by atoms with E-state index in [2.05, 4.69) is 34.7 Å². The maximum atomic E-state index is 4.90. The average Bonchev–Trinajstić information content (AvgIpc) is 3.42. The average molecular weight is 376 g/mol. The topological polar surface area (TPSA) is 57.4 Å². The first-order valence-electron chi connectivity index (χ1n) is 9.57. The fraction of sp³-hybridized carbons (Fsp3) is 0.0400. The molecule has 2 aliphatic heterocycles. The van der Waals surface area contributed by atoms with Gasteiger partial charge >= 0.3 is 0 Å². The molecule has 29 heavy (non-hydrogen) atoms. The van der Waals surface area contributed by atoms with E-state index < -0.39 is 0 Å². The van der Waals surface area contributed by atoms with Crippen molar-refractivity contribution in [3.05, 3.63) is 82.7 Å². The molecule has 0 fully saturated rings. The summed E-state index contributed by atoms with van der Waals surface area (Å²) in [7, 11) is 0. The van der Waals surface area contributed by atoms with E-state index in [1.165, 1.54) is 0 Å². The lowest BCUT2D eigenvalue weighted by Crippen LogP contribution is -2.14. The van der Waals surface area contributed by atoms with Crippen LogP contribution in [0.5, 0.6) is 0 Å². The summed E-state index contributed by atoms with van der Waals surface area (Å²) in [5, 5.41) is 1.74. The molecule has 0 saturated heterocycles. The predicted octanol–water partition coefficient (Wildman–Crippen LogP) is 4.44. The first-order chi connectivity index (χ1) is 14.2. The number of nitrogens with zero attached hydrogens (tertiary/aromatic N) is 2. The Hall–Kier alpha value is -3.92. The number of hydrogen-bond donors (Lipinski definition) is 2. The molecule has 2 aliphatic rings. The van der Waals surface area contributed by atoms with Crippen molar-refractivity contribution < 1.29 is 0 Å². The molecule has 0 atom stereocenters. The number of benzene rings is 1. The number of hydrogen-bond acceptors (Lipinski definition) is 2. The standard InChI is InChI=1S/C25H20N4/c1-3-17-14-24-22-6-4-5-7-23(22)25(29-24)15-21-11-10-20(28-21)13-19-9-8-18(27-19)12-16(2)26-17/h3-15,26-27H,2H2,1H3. The number of aromatic nitrogens is 4. The lowest BCUT2D eigenvalue weighted by atomic mass is 10.0. The fourth-order valence-electron chi connectivity index (χ4n) is 3.60. The van der Waals surface area contributed by atoms with E-state index in [9.17, 15) is 0 Å². The highest BCUT2D eigenvalue weighted by molar-refractivity contribution is 5.86. The highest BCUT2D eigenvalue weighted by Gasteiger charge is 2.15. The summed E-state index contributed by atoms with van der Waals surface area (Å²) < 4.78 is 0. The van der Waals surface area contributed by atoms with Crippen molar-refractivity contribution >= 4 is 35.8 Å². The molecular formula is C25H20N4. The normalized spacial score (nSPS) is 12.5. The van der Waals surface area contributed by atoms with Crippen LogP contribution < -0.4 is 10.7 Å². The van der Waals surface area contributed by atoms with Crippen molar-refractivity contribution in [3.63, 3.8) is 0 Å². The van der Waals surface area contributed by atoms with Crippen LogP contribution in [0.3, 0.4) is 0 Å². The van der Waals surface area contributed by atoms with E-state index in [0.29, 0.717) is 0 Å². The summed E-state index contributed by atoms with van der Waals surface area (Å²) >= 11 is 0. The van der Waals surface area contributed by atoms with E-state index in [0.717, 1.165) is 55.6 Å². The van der Waals surface area contributed by atoms with Crippen molar-refractivity contribution in [2.45, 2.75) is 6.92 Å². The number of rotatable bonds is 0. The Bertz CT molecular complexity index is 1440. The van der Waals surface area contributed by atoms with Crippen molar-refractivity contribution in [1.82, 2.24) is 19.9 Å². The molecule has 3 aromatic rings. The molecule has 0 amide bonds. The molecule has 2 N–H and O–H groups in total. The van der Waals surface area contributed by atoms with Gasteiger partial charge in [0.25, 0.3) is 0 Å². The zero-order valence-electron chi connectivity index (χ0n) is 16.1. The largest absolute Gasteiger partial charge is 0.356 e. The smallest absolute Gasteiger partial charge is 0.0737 e. The van der Waals surface area contributed by atoms with Gasteiger partial charge in [0.05, 0.1) is 22.8 Å². The van der Waals surface area contributed by atoms with Crippen molar-refractivity contribution in [3.8, 4) is 22.5 Å². The first-order valence-corrected chi connectivity index (χ1v) is 9.57. The number of aromatic amines is 2. The van der Waals surface area contributed by atoms with Gasteiger partial charge in [0.1, 0.15) is 0 Å². The van der Waals surface area contributed by atoms with E-state index in [1.807, 2.05) is 67.6 Å². The highest BCUT2D eigenvalue weighted by atomic mass is 14.8. The molecule has 140 valence electrons. The molecule has 4 nitrogen and oxygen atoms in total. The van der Waals surface area contributed by atoms with Crippen molar-refractivity contribution in [1.29, 1.82) is 0 Å². The predicted molar refractivity (Wildman–Crippen MR) is 121 cm³/mol. The van der Waals surface area contributed by atoms with Gasteiger partial charge in [-0.25, -0.2) is 9.97 Å². The number of nitrogens with one attached hydrogen (secondary N) is 2. The van der Waals surface area contributed by atoms with Crippen LogP contribution in [0.25, 0.3) is 58.4 Å². The molecule has 0 aliphatic carbocycles. The van der Waals surface area contributed by atoms with E-state index in [1.54, 1.807) is 0 Å². The lowest BCUT2D eigenvalue weighted by molar-refractivity contribution is 1.21. The molecule has 0 spiro atoms. The van der Waals surface area contributed by atoms with Gasteiger partial charge in [-0.3, -0.25) is 0 Å². The summed E-state index contributed by atoms with van der Waals surface area (Å²) in [5.41, 5.74) is 7.87. The van der Waals surface area contributed by atoms with E-state index in [-0.39, 0.29) is 0 Å². The SMILES string of the molecule is C=c1cc2ccc(cc3nc(cc4nc(cc(=CC)[nH]1)-c1ccccc1-4)C=C3)[nH]2. The van der Waals surface area contributed by atoms with Crippen LogP contribution in [0.2, 0.25) is 0 Å². The maximum Gasteiger partial charge on any atom is 0.0737 e. The van der Waals surface area contributed by atoms with Crippen LogP contribution in [0.15, 0.2) is 60.7 Å². The van der Waals surface area contributed by atoms with Gasteiger partial charge in [-0.15, -0.1) is 0 Å². The summed E-state index contributed by atoms with van der Waals surface area (Å²) in [5.74, 6) is 0. The highest BCUT2D eigenvalue weighted by Crippen LogP contribution is 2.34. The number of fused-ring (bicyclic) bond motifs is 9. The fourth-order valence-corrected chi connectivity index (χ4v) is 3.60. The summed E-state index contributed by atoms with van der Waals surface area (Å²) in [6, 6.07) is 20.5. The minimum atomic E-state index is 0.797. The van der Waals surface area contributed by atoms with Gasteiger partial charge in [0, 0.05) is 32.9 Å². The Balaban J connectivity index is 1.91. The van der Waals surface area contributed by atoms with Gasteiger partial charge in [-0.2, -0.15) is 0 Å². The third kappa shape index (κ3) is 3.36. The minimum absolute atomic E-state index is 0.797. The van der Waals surface area contributed by atoms with Crippen LogP contribution in [-0.4, -0.2) is 19.9 Å². The molecule has 2 aromatic heterocycles. The van der Waals surface area contributed by atoms with E-state index in [4.69, 9.17) is 9.97 Å². The molecular weight excluding hydrogens is 356 g/mol. The molecule has 4 heteroatoms. The maximum absolute atomic E-state index is 4.90. The van der Waals surface area contributed by atoms with Crippen LogP contribution in [0.1, 0.15) is 18.3 Å². The van der Waals surface area contributed by atoms with Crippen molar-refractivity contribution in [2.75, 3.05) is 0 Å². The molecule has 0 saturated carbocycles. The Labute approximate surface area is 168 Å². The molecule has 1 aromatic carbocycles. The van der Waals surface area contributed by atoms with Gasteiger partial charge in [0.15, 0.2) is 0 Å². The van der Waals surface area contributed by atoms with Crippen LogP contribution in [-0.2, 0) is 0 Å². The van der Waals surface area contributed by atoms with Gasteiger partial charge < -0.3 is 9.97 Å². The van der Waals surface area contributed by atoms with Gasteiger partial charge in [-0.05, 0) is 55.5 Å². The second-order valence-corrected chi connectivity index (χ2v) is 7.06. The molecule has 0 unspecified atom stereocenters. The third-order valence-electron chi connectivity index (χ3n) is 4.96. The summed E-state index contributed by atoms with van der Waals surface area (Å²) in [6.07, 6.45) is 6.06. The summed E-state index contributed by atoms with van der Waals surface area (Å²) in [4.78, 5) is 16.4. The summed E-state index contributed by atoms with van der Waals surface area (Å²) in [6.45, 7) is 6.14. The van der Waals surface area contributed by atoms with E-state index >= 15 is 0 Å². The van der Waals surface area contributed by atoms with Crippen LogP contribution >= 0.6 is 0 Å². The third-order valence-corrected chi connectivity index (χ3v) is 4.96. The quantitative estimate of drug-likeness (QED) is 0.420. The second kappa shape index (κ2) is 6.91. The monoisotopic (exact) mass is 376 g/mol. The van der Waals surface area contributed by atoms with Crippen LogP contribution in [0, 0.1) is 0 Å². The Morgan fingerprint density at radius 2 is 1.41 bits per heavy atom. The van der Waals surface area contributed by atoms with Crippen LogP contribution in [0.4, 0.5) is 0 Å².